The summed E-state index contributed by atoms with van der Waals surface area (Å²) in [7, 11) is 1.54. The number of anilines is 2. The lowest BCUT2D eigenvalue weighted by Crippen LogP contribution is -2.16. The minimum Gasteiger partial charge on any atom is -0.495 e. The highest BCUT2D eigenvalue weighted by atomic mass is 35.5. The number of benzene rings is 1. The summed E-state index contributed by atoms with van der Waals surface area (Å²) in [4.78, 5) is 20.9. The number of amides is 1. The largest absolute Gasteiger partial charge is 0.495 e. The first-order valence-corrected chi connectivity index (χ1v) is 8.15. The smallest absolute Gasteiger partial charge is 0.274 e. The molecule has 2 aromatic rings. The van der Waals surface area contributed by atoms with Gasteiger partial charge >= 0.3 is 0 Å². The van der Waals surface area contributed by atoms with Crippen molar-refractivity contribution < 1.29 is 9.53 Å². The van der Waals surface area contributed by atoms with Crippen LogP contribution in [0.3, 0.4) is 0 Å². The minimum absolute atomic E-state index is 0.299. The Morgan fingerprint density at radius 1 is 1.29 bits per heavy atom. The van der Waals surface area contributed by atoms with Crippen molar-refractivity contribution in [2.45, 2.75) is 26.7 Å². The molecule has 1 amide bonds. The molecular weight excluding hydrogens is 328 g/mol. The molecule has 7 heteroatoms. The fraction of sp³-hybridized carbons (Fsp3) is 0.353. The van der Waals surface area contributed by atoms with Crippen molar-refractivity contribution >= 4 is 29.0 Å². The molecule has 24 heavy (non-hydrogen) atoms. The summed E-state index contributed by atoms with van der Waals surface area (Å²) in [5.74, 6) is 1.42. The first-order valence-electron chi connectivity index (χ1n) is 7.78. The van der Waals surface area contributed by atoms with Gasteiger partial charge < -0.3 is 15.4 Å². The van der Waals surface area contributed by atoms with Crippen molar-refractivity contribution in [3.8, 4) is 5.75 Å². The standard InChI is InChI=1S/C17H21ClN4O2/c1-4-5-8-19-16-10-14(20-11(2)21-16)17(23)22-12-6-7-15(24-3)13(18)9-12/h6-7,9-10H,4-5,8H2,1-3H3,(H,22,23)(H,19,20,21). The van der Waals surface area contributed by atoms with Gasteiger partial charge in [0.2, 0.25) is 0 Å². The maximum absolute atomic E-state index is 12.4. The Hall–Kier alpha value is -2.34. The number of methoxy groups -OCH3 is 1. The van der Waals surface area contributed by atoms with Gasteiger partial charge in [0.1, 0.15) is 23.1 Å². The summed E-state index contributed by atoms with van der Waals surface area (Å²) in [6, 6.07) is 6.69. The molecule has 6 nitrogen and oxygen atoms in total. The Morgan fingerprint density at radius 2 is 2.08 bits per heavy atom. The number of nitrogens with one attached hydrogen (secondary N) is 2. The first-order chi connectivity index (χ1) is 11.5. The van der Waals surface area contributed by atoms with Gasteiger partial charge in [-0.05, 0) is 31.5 Å². The van der Waals surface area contributed by atoms with Crippen molar-refractivity contribution in [2.24, 2.45) is 0 Å². The van der Waals surface area contributed by atoms with Crippen LogP contribution in [-0.2, 0) is 0 Å². The van der Waals surface area contributed by atoms with Gasteiger partial charge in [-0.1, -0.05) is 24.9 Å². The SMILES string of the molecule is CCCCNc1cc(C(=O)Nc2ccc(OC)c(Cl)c2)nc(C)n1. The summed E-state index contributed by atoms with van der Waals surface area (Å²) in [5.41, 5.74) is 0.871. The van der Waals surface area contributed by atoms with Crippen molar-refractivity contribution in [2.75, 3.05) is 24.3 Å². The number of nitrogens with zero attached hydrogens (tertiary/aromatic N) is 2. The predicted octanol–water partition coefficient (Wildman–Crippen LogP) is 3.91. The highest BCUT2D eigenvalue weighted by molar-refractivity contribution is 6.32. The molecule has 0 radical (unpaired) electrons. The fourth-order valence-electron chi connectivity index (χ4n) is 2.11. The second-order valence-corrected chi connectivity index (χ2v) is 5.68. The van der Waals surface area contributed by atoms with Crippen molar-refractivity contribution in [1.82, 2.24) is 9.97 Å². The quantitative estimate of drug-likeness (QED) is 0.742. The predicted molar refractivity (Wildman–Crippen MR) is 96.1 cm³/mol. The van der Waals surface area contributed by atoms with E-state index in [4.69, 9.17) is 16.3 Å². The van der Waals surface area contributed by atoms with E-state index in [0.717, 1.165) is 19.4 Å². The van der Waals surface area contributed by atoms with Crippen LogP contribution in [-0.4, -0.2) is 29.5 Å². The lowest BCUT2D eigenvalue weighted by atomic mass is 10.2. The van der Waals surface area contributed by atoms with Gasteiger partial charge in [-0.3, -0.25) is 4.79 Å². The van der Waals surface area contributed by atoms with Gasteiger partial charge in [0.25, 0.3) is 5.91 Å². The zero-order valence-corrected chi connectivity index (χ0v) is 14.8. The molecule has 1 heterocycles. The Morgan fingerprint density at radius 3 is 2.75 bits per heavy atom. The van der Waals surface area contributed by atoms with E-state index in [1.807, 2.05) is 0 Å². The van der Waals surface area contributed by atoms with E-state index in [-0.39, 0.29) is 5.91 Å². The molecule has 0 atom stereocenters. The molecule has 128 valence electrons. The van der Waals surface area contributed by atoms with Gasteiger partial charge in [-0.25, -0.2) is 9.97 Å². The highest BCUT2D eigenvalue weighted by Gasteiger charge is 2.12. The first kappa shape index (κ1) is 18.0. The topological polar surface area (TPSA) is 76.1 Å². The number of carbonyl (C=O) groups is 1. The number of aryl methyl sites for hydroxylation is 1. The summed E-state index contributed by atoms with van der Waals surface area (Å²) in [6.07, 6.45) is 2.12. The van der Waals surface area contributed by atoms with Crippen LogP contribution in [0.2, 0.25) is 5.02 Å². The molecule has 0 saturated heterocycles. The van der Waals surface area contributed by atoms with E-state index in [2.05, 4.69) is 27.5 Å². The molecule has 2 rings (SSSR count). The molecule has 0 unspecified atom stereocenters. The third-order valence-electron chi connectivity index (χ3n) is 3.32. The van der Waals surface area contributed by atoms with Gasteiger partial charge in [0.05, 0.1) is 12.1 Å². The Bertz CT molecular complexity index is 722. The number of ether oxygens (including phenoxy) is 1. The second kappa shape index (κ2) is 8.49. The Balaban J connectivity index is 2.12. The van der Waals surface area contributed by atoms with E-state index in [9.17, 15) is 4.79 Å². The van der Waals surface area contributed by atoms with Crippen molar-refractivity contribution in [3.63, 3.8) is 0 Å². The molecule has 0 bridgehead atoms. The van der Waals surface area contributed by atoms with Crippen LogP contribution in [0.4, 0.5) is 11.5 Å². The van der Waals surface area contributed by atoms with Gasteiger partial charge in [0.15, 0.2) is 0 Å². The molecule has 0 aliphatic carbocycles. The molecule has 1 aromatic carbocycles. The van der Waals surface area contributed by atoms with E-state index < -0.39 is 0 Å². The van der Waals surface area contributed by atoms with E-state index in [0.29, 0.717) is 33.8 Å². The number of rotatable bonds is 7. The average molecular weight is 349 g/mol. The zero-order valence-electron chi connectivity index (χ0n) is 14.0. The number of aromatic nitrogens is 2. The molecule has 0 aliphatic rings. The molecule has 0 spiro atoms. The highest BCUT2D eigenvalue weighted by Crippen LogP contribution is 2.27. The van der Waals surface area contributed by atoms with Crippen LogP contribution < -0.4 is 15.4 Å². The molecule has 0 saturated carbocycles. The van der Waals surface area contributed by atoms with Crippen LogP contribution in [0.5, 0.6) is 5.75 Å². The maximum Gasteiger partial charge on any atom is 0.274 e. The summed E-state index contributed by atoms with van der Waals surface area (Å²) in [5, 5.41) is 6.40. The molecule has 0 fully saturated rings. The lowest BCUT2D eigenvalue weighted by molar-refractivity contribution is 0.102. The number of hydrogen-bond acceptors (Lipinski definition) is 5. The minimum atomic E-state index is -0.319. The van der Waals surface area contributed by atoms with Crippen molar-refractivity contribution in [3.05, 3.63) is 40.8 Å². The third-order valence-corrected chi connectivity index (χ3v) is 3.61. The molecular formula is C17H21ClN4O2. The number of unbranched alkanes of at least 4 members (excludes halogenated alkanes) is 1. The average Bonchev–Trinajstić information content (AvgIpc) is 2.55. The van der Waals surface area contributed by atoms with E-state index in [1.165, 1.54) is 7.11 Å². The Labute approximate surface area is 146 Å². The van der Waals surface area contributed by atoms with Crippen molar-refractivity contribution in [1.29, 1.82) is 0 Å². The van der Waals surface area contributed by atoms with E-state index >= 15 is 0 Å². The molecule has 2 N–H and O–H groups in total. The fourth-order valence-corrected chi connectivity index (χ4v) is 2.36. The monoisotopic (exact) mass is 348 g/mol. The van der Waals surface area contributed by atoms with Crippen LogP contribution in [0.1, 0.15) is 36.1 Å². The zero-order chi connectivity index (χ0) is 17.5. The Kier molecular flexibility index (Phi) is 6.37. The van der Waals surface area contributed by atoms with Crippen LogP contribution in [0, 0.1) is 6.92 Å². The number of halogens is 1. The van der Waals surface area contributed by atoms with Crippen LogP contribution in [0.25, 0.3) is 0 Å². The molecule has 1 aromatic heterocycles. The van der Waals surface area contributed by atoms with Gasteiger partial charge in [-0.2, -0.15) is 0 Å². The summed E-state index contributed by atoms with van der Waals surface area (Å²) >= 11 is 6.07. The lowest BCUT2D eigenvalue weighted by Gasteiger charge is -2.10. The van der Waals surface area contributed by atoms with E-state index in [1.54, 1.807) is 31.2 Å². The third kappa shape index (κ3) is 4.83. The summed E-state index contributed by atoms with van der Waals surface area (Å²) < 4.78 is 5.09. The number of carbonyl (C=O) groups excluding carboxylic acids is 1. The van der Waals surface area contributed by atoms with Crippen LogP contribution in [0.15, 0.2) is 24.3 Å². The maximum atomic E-state index is 12.4. The summed E-state index contributed by atoms with van der Waals surface area (Å²) in [6.45, 7) is 4.68. The van der Waals surface area contributed by atoms with Crippen LogP contribution >= 0.6 is 11.6 Å². The van der Waals surface area contributed by atoms with Gasteiger partial charge in [-0.15, -0.1) is 0 Å². The normalized spacial score (nSPS) is 10.3. The molecule has 0 aliphatic heterocycles. The van der Waals surface area contributed by atoms with Gasteiger partial charge in [0, 0.05) is 18.3 Å². The number of hydrogen-bond donors (Lipinski definition) is 2. The second-order valence-electron chi connectivity index (χ2n) is 5.27.